The van der Waals surface area contributed by atoms with Crippen LogP contribution in [0.25, 0.3) is 0 Å². The Morgan fingerprint density at radius 3 is 2.62 bits per heavy atom. The Balaban J connectivity index is 1.97. The van der Waals surface area contributed by atoms with Crippen molar-refractivity contribution in [3.63, 3.8) is 0 Å². The van der Waals surface area contributed by atoms with Gasteiger partial charge in [-0.2, -0.15) is 0 Å². The summed E-state index contributed by atoms with van der Waals surface area (Å²) in [4.78, 5) is 9.43. The molecule has 1 aliphatic rings. The van der Waals surface area contributed by atoms with Crippen LogP contribution in [-0.2, 0) is 5.41 Å². The molecule has 0 bridgehead atoms. The second kappa shape index (κ2) is 8.84. The first kappa shape index (κ1) is 21.1. The molecule has 0 saturated heterocycles. The first-order chi connectivity index (χ1) is 13.9. The van der Waals surface area contributed by atoms with Crippen LogP contribution in [0, 0.1) is 5.82 Å². The Morgan fingerprint density at radius 2 is 1.93 bits per heavy atom. The predicted molar refractivity (Wildman–Crippen MR) is 123 cm³/mol. The minimum Gasteiger partial charge on any atom is -0.324 e. The summed E-state index contributed by atoms with van der Waals surface area (Å²) in [5, 5.41) is 3.75. The van der Waals surface area contributed by atoms with Crippen LogP contribution in [0.4, 0.5) is 10.1 Å². The highest BCUT2D eigenvalue weighted by Crippen LogP contribution is 2.42. The maximum Gasteiger partial charge on any atom is 0.206 e. The maximum atomic E-state index is 14.5. The quantitative estimate of drug-likeness (QED) is 0.344. The summed E-state index contributed by atoms with van der Waals surface area (Å²) in [5.41, 5.74) is 2.50. The van der Waals surface area contributed by atoms with E-state index in [2.05, 4.69) is 33.3 Å². The molecule has 0 radical (unpaired) electrons. The Morgan fingerprint density at radius 1 is 1.21 bits per heavy atom. The largest absolute Gasteiger partial charge is 0.324 e. The van der Waals surface area contributed by atoms with Crippen LogP contribution in [0.1, 0.15) is 25.0 Å². The molecule has 0 amide bonds. The minimum atomic E-state index is -0.549. The number of benzene rings is 2. The van der Waals surface area contributed by atoms with Crippen molar-refractivity contribution in [2.24, 2.45) is 9.98 Å². The Bertz CT molecular complexity index is 1010. The van der Waals surface area contributed by atoms with Gasteiger partial charge in [0.25, 0.3) is 0 Å². The average Bonchev–Trinajstić information content (AvgIpc) is 2.73. The third kappa shape index (κ3) is 4.38. The van der Waals surface area contributed by atoms with E-state index in [4.69, 9.17) is 11.6 Å². The molecule has 2 aromatic rings. The molecule has 150 valence electrons. The monoisotopic (exact) mass is 428 g/mol. The van der Waals surface area contributed by atoms with Crippen molar-refractivity contribution in [2.45, 2.75) is 24.2 Å². The first-order valence-electron chi connectivity index (χ1n) is 8.99. The van der Waals surface area contributed by atoms with Gasteiger partial charge in [0.2, 0.25) is 5.96 Å². The first-order valence-corrected chi connectivity index (χ1v) is 10.2. The number of allylic oxidation sites excluding steroid dienone is 2. The van der Waals surface area contributed by atoms with Crippen molar-refractivity contribution >= 4 is 41.9 Å². The number of rotatable bonds is 6. The van der Waals surface area contributed by atoms with Crippen LogP contribution in [0.15, 0.2) is 80.7 Å². The van der Waals surface area contributed by atoms with E-state index in [9.17, 15) is 4.39 Å². The van der Waals surface area contributed by atoms with Gasteiger partial charge in [-0.3, -0.25) is 9.71 Å². The molecule has 0 aromatic heterocycles. The van der Waals surface area contributed by atoms with E-state index >= 15 is 0 Å². The van der Waals surface area contributed by atoms with Crippen LogP contribution in [-0.4, -0.2) is 19.2 Å². The molecule has 1 heterocycles. The molecule has 0 atom stereocenters. The molecule has 7 heteroatoms. The summed E-state index contributed by atoms with van der Waals surface area (Å²) in [6.07, 6.45) is 1.51. The van der Waals surface area contributed by atoms with Crippen LogP contribution in [0.2, 0.25) is 0 Å². The highest BCUT2D eigenvalue weighted by molar-refractivity contribution is 7.98. The summed E-state index contributed by atoms with van der Waals surface area (Å²) in [7, 11) is 0. The molecule has 4 nitrogen and oxygen atoms in total. The normalized spacial score (nSPS) is 15.7. The van der Waals surface area contributed by atoms with E-state index in [1.807, 2.05) is 44.2 Å². The molecular weight excluding hydrogens is 407 g/mol. The molecule has 0 saturated carbocycles. The molecule has 0 unspecified atom stereocenters. The number of nitrogens with one attached hydrogen (secondary N) is 2. The van der Waals surface area contributed by atoms with Crippen molar-refractivity contribution in [2.75, 3.05) is 11.9 Å². The number of hydrogen-bond acceptors (Lipinski definition) is 3. The molecule has 0 spiro atoms. The van der Waals surface area contributed by atoms with Crippen LogP contribution in [0.3, 0.4) is 0 Å². The number of nitrogens with zero attached hydrogens (tertiary/aromatic N) is 2. The van der Waals surface area contributed by atoms with Crippen molar-refractivity contribution in [3.8, 4) is 0 Å². The van der Waals surface area contributed by atoms with E-state index in [0.717, 1.165) is 16.1 Å². The Hall–Kier alpha value is -2.57. The minimum absolute atomic E-state index is 0.225. The third-order valence-corrected chi connectivity index (χ3v) is 6.01. The van der Waals surface area contributed by atoms with Gasteiger partial charge in [-0.05, 0) is 48.0 Å². The van der Waals surface area contributed by atoms with Crippen LogP contribution in [0.5, 0.6) is 0 Å². The fourth-order valence-electron chi connectivity index (χ4n) is 3.17. The van der Waals surface area contributed by atoms with E-state index in [1.54, 1.807) is 6.07 Å². The van der Waals surface area contributed by atoms with E-state index < -0.39 is 5.41 Å². The van der Waals surface area contributed by atoms with Crippen molar-refractivity contribution in [1.82, 2.24) is 4.72 Å². The molecule has 1 aliphatic heterocycles. The summed E-state index contributed by atoms with van der Waals surface area (Å²) < 4.78 is 17.7. The van der Waals surface area contributed by atoms with E-state index in [0.29, 0.717) is 22.3 Å². The zero-order chi connectivity index (χ0) is 21.0. The highest BCUT2D eigenvalue weighted by Gasteiger charge is 2.31. The summed E-state index contributed by atoms with van der Waals surface area (Å²) >= 11 is 7.52. The second-order valence-corrected chi connectivity index (χ2v) is 8.19. The lowest BCUT2D eigenvalue weighted by atomic mass is 9.77. The SMILES string of the molecule is C=C/C(Cl)=C(/CN=C1NSc2cccc(C(C)(C)c3ccccc3F)c2N1)N=C. The van der Waals surface area contributed by atoms with Gasteiger partial charge >= 0.3 is 0 Å². The molecule has 29 heavy (non-hydrogen) atoms. The number of guanidine groups is 1. The highest BCUT2D eigenvalue weighted by atomic mass is 35.5. The third-order valence-electron chi connectivity index (χ3n) is 4.78. The Labute approximate surface area is 179 Å². The van der Waals surface area contributed by atoms with Crippen molar-refractivity contribution in [3.05, 3.63) is 82.8 Å². The fraction of sp³-hybridized carbons (Fsp3) is 0.182. The summed E-state index contributed by atoms with van der Waals surface area (Å²) in [5.74, 6) is 0.338. The zero-order valence-electron chi connectivity index (χ0n) is 16.3. The van der Waals surface area contributed by atoms with E-state index in [-0.39, 0.29) is 12.4 Å². The second-order valence-electron chi connectivity index (χ2n) is 6.93. The van der Waals surface area contributed by atoms with Crippen LogP contribution >= 0.6 is 23.5 Å². The van der Waals surface area contributed by atoms with Crippen molar-refractivity contribution in [1.29, 1.82) is 0 Å². The molecule has 2 aromatic carbocycles. The molecule has 3 rings (SSSR count). The predicted octanol–water partition coefficient (Wildman–Crippen LogP) is 5.87. The van der Waals surface area contributed by atoms with Gasteiger partial charge in [-0.15, -0.1) is 0 Å². The maximum absolute atomic E-state index is 14.5. The number of aliphatic imine (C=N–C) groups is 2. The van der Waals surface area contributed by atoms with Gasteiger partial charge in [-0.25, -0.2) is 9.38 Å². The molecule has 0 fully saturated rings. The van der Waals surface area contributed by atoms with Gasteiger partial charge in [-0.1, -0.05) is 62.4 Å². The smallest absolute Gasteiger partial charge is 0.206 e. The van der Waals surface area contributed by atoms with Gasteiger partial charge in [0.15, 0.2) is 0 Å². The molecule has 0 aliphatic carbocycles. The number of para-hydroxylation sites is 1. The van der Waals surface area contributed by atoms with E-state index in [1.165, 1.54) is 24.1 Å². The fourth-order valence-corrected chi connectivity index (χ4v) is 4.02. The standard InChI is InChI=1S/C22H22ClFN4S/c1-5-16(23)18(25-4)13-26-21-27-20-15(10-8-12-19(20)29-28-21)22(2,3)14-9-6-7-11-17(14)24/h5-12H,1,4,13H2,2-3H3,(H2,26,27,28)/b18-16+. The average molecular weight is 429 g/mol. The lowest BCUT2D eigenvalue weighted by molar-refractivity contribution is 0.548. The Kier molecular flexibility index (Phi) is 6.45. The number of anilines is 1. The van der Waals surface area contributed by atoms with Gasteiger partial charge in [0.05, 0.1) is 27.9 Å². The van der Waals surface area contributed by atoms with Crippen molar-refractivity contribution < 1.29 is 4.39 Å². The number of hydrogen-bond donors (Lipinski definition) is 2. The number of fused-ring (bicyclic) bond motifs is 1. The lowest BCUT2D eigenvalue weighted by Crippen LogP contribution is -2.32. The van der Waals surface area contributed by atoms with Crippen LogP contribution < -0.4 is 10.0 Å². The van der Waals surface area contributed by atoms with Gasteiger partial charge in [0, 0.05) is 5.41 Å². The number of halogens is 2. The lowest BCUT2D eigenvalue weighted by Gasteiger charge is -2.32. The topological polar surface area (TPSA) is 48.8 Å². The summed E-state index contributed by atoms with van der Waals surface area (Å²) in [6, 6.07) is 12.8. The van der Waals surface area contributed by atoms with Gasteiger partial charge < -0.3 is 5.32 Å². The zero-order valence-corrected chi connectivity index (χ0v) is 17.9. The summed E-state index contributed by atoms with van der Waals surface area (Å²) in [6.45, 7) is 11.4. The molecular formula is C22H22ClFN4S. The van der Waals surface area contributed by atoms with Gasteiger partial charge in [0.1, 0.15) is 5.82 Å². The molecule has 2 N–H and O–H groups in total.